The summed E-state index contributed by atoms with van der Waals surface area (Å²) >= 11 is 0. The molecule has 1 aliphatic rings. The molecule has 0 saturated carbocycles. The third-order valence-electron chi connectivity index (χ3n) is 5.45. The van der Waals surface area contributed by atoms with Crippen molar-refractivity contribution in [3.8, 4) is 11.5 Å². The Kier molecular flexibility index (Phi) is 10.4. The third kappa shape index (κ3) is 7.58. The Morgan fingerprint density at radius 1 is 1.19 bits per heavy atom. The zero-order valence-electron chi connectivity index (χ0n) is 19.3. The zero-order valence-corrected chi connectivity index (χ0v) is 19.3. The van der Waals surface area contributed by atoms with Crippen molar-refractivity contribution in [2.24, 2.45) is 0 Å². The summed E-state index contributed by atoms with van der Waals surface area (Å²) in [6.07, 6.45) is 5.73. The van der Waals surface area contributed by atoms with Crippen LogP contribution >= 0.6 is 0 Å². The van der Waals surface area contributed by atoms with Crippen LogP contribution in [-0.4, -0.2) is 74.2 Å². The van der Waals surface area contributed by atoms with Gasteiger partial charge in [-0.3, -0.25) is 14.5 Å². The second kappa shape index (κ2) is 13.0. The van der Waals surface area contributed by atoms with Crippen LogP contribution < -0.4 is 9.47 Å². The van der Waals surface area contributed by atoms with E-state index in [1.54, 1.807) is 31.1 Å². The van der Waals surface area contributed by atoms with E-state index in [1.807, 2.05) is 25.1 Å². The van der Waals surface area contributed by atoms with Gasteiger partial charge < -0.3 is 19.1 Å². The Hall–Kier alpha value is -2.54. The highest BCUT2D eigenvalue weighted by Gasteiger charge is 2.26. The van der Waals surface area contributed by atoms with Gasteiger partial charge >= 0.3 is 5.97 Å². The molecule has 1 fully saturated rings. The topological polar surface area (TPSA) is 68.3 Å². The fourth-order valence-corrected chi connectivity index (χ4v) is 3.86. The van der Waals surface area contributed by atoms with Crippen molar-refractivity contribution in [3.05, 3.63) is 29.8 Å². The molecule has 1 heterocycles. The van der Waals surface area contributed by atoms with Gasteiger partial charge in [0.15, 0.2) is 11.5 Å². The van der Waals surface area contributed by atoms with Gasteiger partial charge in [-0.2, -0.15) is 0 Å². The standard InChI is InChI=1S/C24H36N2O5/c1-5-25-15-8-9-20(25)18-26(16-14-24(28)31-7-3)23(27)13-11-19-10-12-21(30-6-2)22(17-19)29-4/h10-13,17,20H,5-9,14-16,18H2,1-4H3/b13-11+. The molecule has 1 atom stereocenters. The highest BCUT2D eigenvalue weighted by molar-refractivity contribution is 5.92. The summed E-state index contributed by atoms with van der Waals surface area (Å²) in [5.41, 5.74) is 0.843. The molecule has 1 aliphatic heterocycles. The lowest BCUT2D eigenvalue weighted by molar-refractivity contribution is -0.143. The first-order chi connectivity index (χ1) is 15.0. The van der Waals surface area contributed by atoms with E-state index in [-0.39, 0.29) is 18.3 Å². The van der Waals surface area contributed by atoms with Gasteiger partial charge in [-0.15, -0.1) is 0 Å². The Labute approximate surface area is 185 Å². The van der Waals surface area contributed by atoms with Crippen LogP contribution in [0.3, 0.4) is 0 Å². The number of likely N-dealkylation sites (tertiary alicyclic amines) is 1. The van der Waals surface area contributed by atoms with E-state index < -0.39 is 0 Å². The Morgan fingerprint density at radius 2 is 2.00 bits per heavy atom. The number of carbonyl (C=O) groups excluding carboxylic acids is 2. The molecule has 1 saturated heterocycles. The van der Waals surface area contributed by atoms with Crippen LogP contribution in [0.15, 0.2) is 24.3 Å². The number of nitrogens with zero attached hydrogens (tertiary/aromatic N) is 2. The minimum atomic E-state index is -0.278. The smallest absolute Gasteiger partial charge is 0.307 e. The maximum Gasteiger partial charge on any atom is 0.307 e. The summed E-state index contributed by atoms with van der Waals surface area (Å²) in [7, 11) is 1.59. The van der Waals surface area contributed by atoms with Crippen LogP contribution in [0, 0.1) is 0 Å². The molecule has 1 aromatic rings. The van der Waals surface area contributed by atoms with Gasteiger partial charge in [-0.05, 0) is 63.6 Å². The summed E-state index contributed by atoms with van der Waals surface area (Å²) in [5.74, 6) is 0.907. The number of benzene rings is 1. The molecule has 1 unspecified atom stereocenters. The Balaban J connectivity index is 2.10. The average molecular weight is 433 g/mol. The highest BCUT2D eigenvalue weighted by atomic mass is 16.5. The van der Waals surface area contributed by atoms with Gasteiger partial charge in [-0.1, -0.05) is 13.0 Å². The van der Waals surface area contributed by atoms with E-state index in [0.29, 0.717) is 43.8 Å². The second-order valence-electron chi connectivity index (χ2n) is 7.44. The van der Waals surface area contributed by atoms with Crippen molar-refractivity contribution in [2.75, 3.05) is 46.5 Å². The fraction of sp³-hybridized carbons (Fsp3) is 0.583. The van der Waals surface area contributed by atoms with E-state index >= 15 is 0 Å². The Morgan fingerprint density at radius 3 is 2.68 bits per heavy atom. The lowest BCUT2D eigenvalue weighted by atomic mass is 10.1. The number of methoxy groups -OCH3 is 1. The molecule has 7 heteroatoms. The summed E-state index contributed by atoms with van der Waals surface area (Å²) in [6.45, 7) is 9.73. The number of hydrogen-bond donors (Lipinski definition) is 0. The Bertz CT molecular complexity index is 749. The number of hydrogen-bond acceptors (Lipinski definition) is 6. The molecule has 0 aromatic heterocycles. The predicted molar refractivity (Wildman–Crippen MR) is 121 cm³/mol. The minimum absolute atomic E-state index is 0.111. The zero-order chi connectivity index (χ0) is 22.6. The summed E-state index contributed by atoms with van der Waals surface area (Å²) in [6, 6.07) is 5.89. The first-order valence-electron chi connectivity index (χ1n) is 11.2. The molecule has 1 amide bonds. The quantitative estimate of drug-likeness (QED) is 0.373. The van der Waals surface area contributed by atoms with Gasteiger partial charge in [0.2, 0.25) is 5.91 Å². The number of ether oxygens (including phenoxy) is 3. The van der Waals surface area contributed by atoms with E-state index in [2.05, 4.69) is 11.8 Å². The fourth-order valence-electron chi connectivity index (χ4n) is 3.86. The van der Waals surface area contributed by atoms with Crippen molar-refractivity contribution in [2.45, 2.75) is 46.1 Å². The lowest BCUT2D eigenvalue weighted by Gasteiger charge is -2.29. The molecule has 0 spiro atoms. The average Bonchev–Trinajstić information content (AvgIpc) is 3.23. The molecule has 0 bridgehead atoms. The molecule has 2 rings (SSSR count). The van der Waals surface area contributed by atoms with Crippen LogP contribution in [0.5, 0.6) is 11.5 Å². The molecule has 0 radical (unpaired) electrons. The number of amides is 1. The summed E-state index contributed by atoms with van der Waals surface area (Å²) in [4.78, 5) is 29.0. The molecule has 31 heavy (non-hydrogen) atoms. The van der Waals surface area contributed by atoms with Crippen molar-refractivity contribution in [1.29, 1.82) is 0 Å². The largest absolute Gasteiger partial charge is 0.493 e. The van der Waals surface area contributed by atoms with Crippen molar-refractivity contribution < 1.29 is 23.8 Å². The van der Waals surface area contributed by atoms with Crippen LogP contribution in [0.4, 0.5) is 0 Å². The number of esters is 1. The first kappa shape index (κ1) is 24.7. The van der Waals surface area contributed by atoms with Gasteiger partial charge in [-0.25, -0.2) is 0 Å². The van der Waals surface area contributed by atoms with E-state index in [4.69, 9.17) is 14.2 Å². The van der Waals surface area contributed by atoms with E-state index in [1.165, 1.54) is 0 Å². The SMILES string of the molecule is CCOC(=O)CCN(CC1CCCN1CC)C(=O)/C=C/c1ccc(OCC)c(OC)c1. The van der Waals surface area contributed by atoms with E-state index in [9.17, 15) is 9.59 Å². The monoisotopic (exact) mass is 432 g/mol. The molecule has 172 valence electrons. The normalized spacial score (nSPS) is 16.5. The third-order valence-corrected chi connectivity index (χ3v) is 5.45. The van der Waals surface area contributed by atoms with Gasteiger partial charge in [0.25, 0.3) is 0 Å². The van der Waals surface area contributed by atoms with Crippen LogP contribution in [-0.2, 0) is 14.3 Å². The van der Waals surface area contributed by atoms with Crippen molar-refractivity contribution >= 4 is 18.0 Å². The summed E-state index contributed by atoms with van der Waals surface area (Å²) in [5, 5.41) is 0. The molecule has 7 nitrogen and oxygen atoms in total. The number of carbonyl (C=O) groups is 2. The molecular weight excluding hydrogens is 396 g/mol. The van der Waals surface area contributed by atoms with Crippen LogP contribution in [0.25, 0.3) is 6.08 Å². The molecule has 0 N–H and O–H groups in total. The van der Waals surface area contributed by atoms with Crippen molar-refractivity contribution in [1.82, 2.24) is 9.80 Å². The minimum Gasteiger partial charge on any atom is -0.493 e. The second-order valence-corrected chi connectivity index (χ2v) is 7.44. The maximum atomic E-state index is 13.0. The van der Waals surface area contributed by atoms with Crippen LogP contribution in [0.1, 0.15) is 45.6 Å². The predicted octanol–water partition coefficient (Wildman–Crippen LogP) is 3.37. The van der Waals surface area contributed by atoms with E-state index in [0.717, 1.165) is 31.5 Å². The molecule has 0 aliphatic carbocycles. The highest BCUT2D eigenvalue weighted by Crippen LogP contribution is 2.28. The summed E-state index contributed by atoms with van der Waals surface area (Å²) < 4.78 is 16.0. The van der Waals surface area contributed by atoms with Gasteiger partial charge in [0.05, 0.1) is 26.7 Å². The first-order valence-corrected chi connectivity index (χ1v) is 11.2. The van der Waals surface area contributed by atoms with Crippen LogP contribution in [0.2, 0.25) is 0 Å². The van der Waals surface area contributed by atoms with Gasteiger partial charge in [0, 0.05) is 25.2 Å². The van der Waals surface area contributed by atoms with Crippen molar-refractivity contribution in [3.63, 3.8) is 0 Å². The van der Waals surface area contributed by atoms with Gasteiger partial charge in [0.1, 0.15) is 0 Å². The lowest BCUT2D eigenvalue weighted by Crippen LogP contribution is -2.43. The number of likely N-dealkylation sites (N-methyl/N-ethyl adjacent to an activating group) is 1. The molecule has 1 aromatic carbocycles. The number of rotatable bonds is 12. The molecular formula is C24H36N2O5. The maximum absolute atomic E-state index is 13.0.